The molecule has 0 amide bonds. The van der Waals surface area contributed by atoms with E-state index in [2.05, 4.69) is 20.7 Å². The molecular weight excluding hydrogens is 321 g/mol. The molecule has 0 bridgehead atoms. The molecule has 0 saturated heterocycles. The molecule has 1 aliphatic rings. The van der Waals surface area contributed by atoms with Crippen LogP contribution in [-0.2, 0) is 0 Å². The molecule has 0 radical (unpaired) electrons. The van der Waals surface area contributed by atoms with Crippen LogP contribution in [0.5, 0.6) is 0 Å². The molecule has 3 nitrogen and oxygen atoms in total. The lowest BCUT2D eigenvalue weighted by Crippen LogP contribution is -2.17. The molecule has 3 aromatic rings. The van der Waals surface area contributed by atoms with E-state index in [9.17, 15) is 4.39 Å². The van der Waals surface area contributed by atoms with Gasteiger partial charge in [-0.15, -0.1) is 11.3 Å². The molecule has 1 saturated carbocycles. The van der Waals surface area contributed by atoms with Crippen LogP contribution in [0.3, 0.4) is 0 Å². The van der Waals surface area contributed by atoms with Gasteiger partial charge in [-0.1, -0.05) is 31.4 Å². The van der Waals surface area contributed by atoms with Crippen molar-refractivity contribution in [1.82, 2.24) is 9.97 Å². The van der Waals surface area contributed by atoms with Gasteiger partial charge in [-0.25, -0.2) is 14.4 Å². The zero-order valence-electron chi connectivity index (χ0n) is 13.5. The first-order chi connectivity index (χ1) is 11.8. The topological polar surface area (TPSA) is 37.8 Å². The molecule has 24 heavy (non-hydrogen) atoms. The Labute approximate surface area is 145 Å². The predicted molar refractivity (Wildman–Crippen MR) is 97.9 cm³/mol. The summed E-state index contributed by atoms with van der Waals surface area (Å²) in [6.07, 6.45) is 8.27. The van der Waals surface area contributed by atoms with Crippen LogP contribution in [0.4, 0.5) is 10.2 Å². The summed E-state index contributed by atoms with van der Waals surface area (Å²) in [5.41, 5.74) is 2.07. The number of nitrogens with one attached hydrogen (secondary N) is 1. The van der Waals surface area contributed by atoms with Gasteiger partial charge in [-0.3, -0.25) is 0 Å². The molecular formula is C19H20FN3S. The van der Waals surface area contributed by atoms with Crippen LogP contribution in [0.25, 0.3) is 21.3 Å². The number of hydrogen-bond donors (Lipinski definition) is 1. The van der Waals surface area contributed by atoms with Crippen LogP contribution in [0.1, 0.15) is 32.1 Å². The van der Waals surface area contributed by atoms with Crippen molar-refractivity contribution < 1.29 is 4.39 Å². The van der Waals surface area contributed by atoms with Crippen LogP contribution >= 0.6 is 11.3 Å². The summed E-state index contributed by atoms with van der Waals surface area (Å²) in [7, 11) is 0. The molecule has 2 aromatic heterocycles. The van der Waals surface area contributed by atoms with Crippen LogP contribution in [0.15, 0.2) is 36.0 Å². The molecule has 4 rings (SSSR count). The Morgan fingerprint density at radius 3 is 2.67 bits per heavy atom. The second-order valence-corrected chi connectivity index (χ2v) is 7.30. The van der Waals surface area contributed by atoms with E-state index in [0.29, 0.717) is 0 Å². The summed E-state index contributed by atoms with van der Waals surface area (Å²) in [4.78, 5) is 9.84. The third-order valence-electron chi connectivity index (χ3n) is 4.81. The standard InChI is InChI=1S/C19H20FN3S/c20-15-8-6-14(7-9-15)16-11-24-19-17(16)18(22-12-23-19)21-10-13-4-2-1-3-5-13/h6-9,11-13H,1-5,10H2,(H,21,22,23). The lowest BCUT2D eigenvalue weighted by atomic mass is 9.89. The van der Waals surface area contributed by atoms with Gasteiger partial charge in [-0.2, -0.15) is 0 Å². The summed E-state index contributed by atoms with van der Waals surface area (Å²) < 4.78 is 13.2. The van der Waals surface area contributed by atoms with Crippen LogP contribution < -0.4 is 5.32 Å². The van der Waals surface area contributed by atoms with Crippen molar-refractivity contribution in [2.24, 2.45) is 5.92 Å². The van der Waals surface area contributed by atoms with E-state index in [-0.39, 0.29) is 5.82 Å². The Kier molecular flexibility index (Phi) is 4.43. The normalized spacial score (nSPS) is 15.7. The van der Waals surface area contributed by atoms with Crippen molar-refractivity contribution in [1.29, 1.82) is 0 Å². The van der Waals surface area contributed by atoms with Crippen molar-refractivity contribution in [2.45, 2.75) is 32.1 Å². The Bertz CT molecular complexity index is 822. The molecule has 0 unspecified atom stereocenters. The van der Waals surface area contributed by atoms with E-state index in [1.165, 1.54) is 44.2 Å². The maximum atomic E-state index is 13.2. The predicted octanol–water partition coefficient (Wildman–Crippen LogP) is 5.49. The number of thiophene rings is 1. The number of rotatable bonds is 4. The van der Waals surface area contributed by atoms with E-state index in [0.717, 1.165) is 39.6 Å². The van der Waals surface area contributed by atoms with Gasteiger partial charge in [0.1, 0.15) is 22.8 Å². The van der Waals surface area contributed by atoms with Gasteiger partial charge >= 0.3 is 0 Å². The zero-order chi connectivity index (χ0) is 16.4. The molecule has 2 heterocycles. The van der Waals surface area contributed by atoms with Crippen molar-refractivity contribution in [3.8, 4) is 11.1 Å². The highest BCUT2D eigenvalue weighted by Crippen LogP contribution is 2.36. The van der Waals surface area contributed by atoms with Crippen LogP contribution in [0.2, 0.25) is 0 Å². The van der Waals surface area contributed by atoms with Gasteiger partial charge < -0.3 is 5.32 Å². The lowest BCUT2D eigenvalue weighted by Gasteiger charge is -2.22. The molecule has 5 heteroatoms. The van der Waals surface area contributed by atoms with Crippen molar-refractivity contribution in [2.75, 3.05) is 11.9 Å². The first kappa shape index (κ1) is 15.5. The van der Waals surface area contributed by atoms with E-state index < -0.39 is 0 Å². The molecule has 1 aliphatic carbocycles. The van der Waals surface area contributed by atoms with Crippen LogP contribution in [0, 0.1) is 11.7 Å². The smallest absolute Gasteiger partial charge is 0.138 e. The number of anilines is 1. The number of fused-ring (bicyclic) bond motifs is 1. The number of hydrogen-bond acceptors (Lipinski definition) is 4. The Morgan fingerprint density at radius 1 is 1.08 bits per heavy atom. The molecule has 1 fully saturated rings. The van der Waals surface area contributed by atoms with Crippen molar-refractivity contribution >= 4 is 27.4 Å². The maximum absolute atomic E-state index is 13.2. The van der Waals surface area contributed by atoms with Gasteiger partial charge in [0, 0.05) is 17.5 Å². The van der Waals surface area contributed by atoms with Gasteiger partial charge in [0.05, 0.1) is 5.39 Å². The van der Waals surface area contributed by atoms with Gasteiger partial charge in [0.15, 0.2) is 0 Å². The monoisotopic (exact) mass is 341 g/mol. The summed E-state index contributed by atoms with van der Waals surface area (Å²) in [6, 6.07) is 6.62. The van der Waals surface area contributed by atoms with E-state index >= 15 is 0 Å². The third-order valence-corrected chi connectivity index (χ3v) is 5.69. The van der Waals surface area contributed by atoms with Crippen molar-refractivity contribution in [3.05, 3.63) is 41.8 Å². The minimum absolute atomic E-state index is 0.217. The lowest BCUT2D eigenvalue weighted by molar-refractivity contribution is 0.373. The molecule has 1 N–H and O–H groups in total. The average molecular weight is 341 g/mol. The second kappa shape index (κ2) is 6.85. The number of benzene rings is 1. The molecule has 0 aliphatic heterocycles. The average Bonchev–Trinajstić information content (AvgIpc) is 3.06. The number of nitrogens with zero attached hydrogens (tertiary/aromatic N) is 2. The summed E-state index contributed by atoms with van der Waals surface area (Å²) in [6.45, 7) is 0.963. The molecule has 0 atom stereocenters. The fourth-order valence-electron chi connectivity index (χ4n) is 3.48. The largest absolute Gasteiger partial charge is 0.369 e. The third kappa shape index (κ3) is 3.13. The number of halogens is 1. The SMILES string of the molecule is Fc1ccc(-c2csc3ncnc(NCC4CCCCC4)c23)cc1. The van der Waals surface area contributed by atoms with Gasteiger partial charge in [0.2, 0.25) is 0 Å². The van der Waals surface area contributed by atoms with E-state index in [1.807, 2.05) is 12.1 Å². The van der Waals surface area contributed by atoms with E-state index in [4.69, 9.17) is 0 Å². The van der Waals surface area contributed by atoms with E-state index in [1.54, 1.807) is 17.7 Å². The Hall–Kier alpha value is -2.01. The highest BCUT2D eigenvalue weighted by Gasteiger charge is 2.16. The number of aromatic nitrogens is 2. The van der Waals surface area contributed by atoms with Gasteiger partial charge in [-0.05, 0) is 36.5 Å². The second-order valence-electron chi connectivity index (χ2n) is 6.44. The minimum atomic E-state index is -0.217. The van der Waals surface area contributed by atoms with Crippen LogP contribution in [-0.4, -0.2) is 16.5 Å². The zero-order valence-corrected chi connectivity index (χ0v) is 14.3. The minimum Gasteiger partial charge on any atom is -0.369 e. The fraction of sp³-hybridized carbons (Fsp3) is 0.368. The van der Waals surface area contributed by atoms with Crippen molar-refractivity contribution in [3.63, 3.8) is 0 Å². The highest BCUT2D eigenvalue weighted by molar-refractivity contribution is 7.17. The first-order valence-corrected chi connectivity index (χ1v) is 9.41. The summed E-state index contributed by atoms with van der Waals surface area (Å²) >= 11 is 1.60. The molecule has 1 aromatic carbocycles. The Morgan fingerprint density at radius 2 is 1.88 bits per heavy atom. The molecule has 124 valence electrons. The summed E-state index contributed by atoms with van der Waals surface area (Å²) in [5.74, 6) is 1.41. The fourth-order valence-corrected chi connectivity index (χ4v) is 4.40. The quantitative estimate of drug-likeness (QED) is 0.682. The first-order valence-electron chi connectivity index (χ1n) is 8.53. The molecule has 0 spiro atoms. The Balaban J connectivity index is 1.65. The van der Waals surface area contributed by atoms with Gasteiger partial charge in [0.25, 0.3) is 0 Å². The maximum Gasteiger partial charge on any atom is 0.138 e. The summed E-state index contributed by atoms with van der Waals surface area (Å²) in [5, 5.41) is 6.67. The highest BCUT2D eigenvalue weighted by atomic mass is 32.1.